The van der Waals surface area contributed by atoms with Gasteiger partial charge >= 0.3 is 0 Å². The van der Waals surface area contributed by atoms with Crippen LogP contribution in [0.1, 0.15) is 49.2 Å². The Kier molecular flexibility index (Phi) is 8.76. The normalized spacial score (nSPS) is 11.0. The zero-order chi connectivity index (χ0) is 27.1. The van der Waals surface area contributed by atoms with Gasteiger partial charge in [0.1, 0.15) is 17.3 Å². The summed E-state index contributed by atoms with van der Waals surface area (Å²) in [4.78, 5) is 12.9. The number of phenols is 2. The van der Waals surface area contributed by atoms with Crippen molar-refractivity contribution in [3.63, 3.8) is 0 Å². The summed E-state index contributed by atoms with van der Waals surface area (Å²) in [5.74, 6) is -1.41. The molecule has 4 N–H and O–H groups in total. The van der Waals surface area contributed by atoms with Gasteiger partial charge in [-0.2, -0.15) is 0 Å². The first-order valence-electron chi connectivity index (χ1n) is 12.8. The number of rotatable bonds is 11. The Labute approximate surface area is 221 Å². The third-order valence-electron chi connectivity index (χ3n) is 6.30. The monoisotopic (exact) mass is 517 g/mol. The van der Waals surface area contributed by atoms with Gasteiger partial charge in [0.2, 0.25) is 0 Å². The molecule has 4 rings (SSSR count). The highest BCUT2D eigenvalue weighted by Gasteiger charge is 2.27. The lowest BCUT2D eigenvalue weighted by Gasteiger charge is -2.12. The molecule has 0 saturated carbocycles. The average Bonchev–Trinajstić information content (AvgIpc) is 3.35. The highest BCUT2D eigenvalue weighted by atomic mass is 19.1. The average molecular weight is 518 g/mol. The van der Waals surface area contributed by atoms with E-state index in [2.05, 4.69) is 22.7 Å². The molecular formula is C30H32FN3O4. The van der Waals surface area contributed by atoms with Crippen LogP contribution >= 0.6 is 0 Å². The molecule has 0 aliphatic heterocycles. The van der Waals surface area contributed by atoms with Crippen LogP contribution in [0.25, 0.3) is 33.6 Å². The first-order chi connectivity index (χ1) is 18.4. The Morgan fingerprint density at radius 1 is 0.947 bits per heavy atom. The number of unbranched alkanes of at least 4 members (excludes halogenated alkanes) is 2. The lowest BCUT2D eigenvalue weighted by molar-refractivity contribution is 0.0947. The molecule has 0 saturated heterocycles. The Morgan fingerprint density at radius 3 is 2.39 bits per heavy atom. The fourth-order valence-corrected chi connectivity index (χ4v) is 4.32. The largest absolute Gasteiger partial charge is 0.507 e. The van der Waals surface area contributed by atoms with Gasteiger partial charge in [-0.1, -0.05) is 67.4 Å². The molecule has 0 aliphatic rings. The van der Waals surface area contributed by atoms with Crippen molar-refractivity contribution in [2.45, 2.75) is 39.7 Å². The molecule has 0 spiro atoms. The van der Waals surface area contributed by atoms with E-state index in [9.17, 15) is 19.4 Å². The maximum Gasteiger partial charge on any atom is 0.274 e. The number of carbonyl (C=O) groups is 1. The minimum absolute atomic E-state index is 0.0622. The topological polar surface area (TPSA) is 108 Å². The number of hydrogen-bond donors (Lipinski definition) is 4. The number of phenolic OH excluding ortho intramolecular Hbond substituents is 2. The predicted molar refractivity (Wildman–Crippen MR) is 145 cm³/mol. The third-order valence-corrected chi connectivity index (χ3v) is 6.30. The quantitative estimate of drug-likeness (QED) is 0.175. The van der Waals surface area contributed by atoms with Gasteiger partial charge in [-0.05, 0) is 43.1 Å². The van der Waals surface area contributed by atoms with Gasteiger partial charge in [-0.3, -0.25) is 4.79 Å². The lowest BCUT2D eigenvalue weighted by Crippen LogP contribution is -2.23. The fraction of sp³-hybridized carbons (Fsp3) is 0.267. The molecule has 0 aliphatic carbocycles. The molecule has 0 bridgehead atoms. The van der Waals surface area contributed by atoms with E-state index in [-0.39, 0.29) is 39.6 Å². The number of aromatic hydroxyl groups is 2. The molecule has 1 aromatic heterocycles. The van der Waals surface area contributed by atoms with Crippen molar-refractivity contribution < 1.29 is 23.9 Å². The van der Waals surface area contributed by atoms with Crippen molar-refractivity contribution in [1.29, 1.82) is 0 Å². The number of amides is 1. The van der Waals surface area contributed by atoms with Gasteiger partial charge in [0.05, 0.1) is 11.1 Å². The van der Waals surface area contributed by atoms with Crippen molar-refractivity contribution in [2.75, 3.05) is 13.1 Å². The van der Waals surface area contributed by atoms with E-state index in [0.29, 0.717) is 24.2 Å². The number of nitrogens with one attached hydrogen (secondary N) is 2. The van der Waals surface area contributed by atoms with E-state index in [4.69, 9.17) is 4.52 Å². The zero-order valence-corrected chi connectivity index (χ0v) is 21.6. The first-order valence-corrected chi connectivity index (χ1v) is 12.8. The highest BCUT2D eigenvalue weighted by Crippen LogP contribution is 2.44. The van der Waals surface area contributed by atoms with Crippen molar-refractivity contribution in [3.05, 3.63) is 77.7 Å². The maximum atomic E-state index is 14.5. The summed E-state index contributed by atoms with van der Waals surface area (Å²) >= 11 is 0. The minimum Gasteiger partial charge on any atom is -0.507 e. The predicted octanol–water partition coefficient (Wildman–Crippen LogP) is 6.26. The molecule has 0 fully saturated rings. The summed E-state index contributed by atoms with van der Waals surface area (Å²) in [7, 11) is 0. The van der Waals surface area contributed by atoms with Crippen molar-refractivity contribution in [1.82, 2.24) is 15.8 Å². The van der Waals surface area contributed by atoms with Gasteiger partial charge in [-0.25, -0.2) is 4.39 Å². The molecule has 0 atom stereocenters. The molecule has 198 valence electrons. The standard InChI is InChI=1S/C30H32FN3O4/c1-3-5-8-15-32-18-19-11-13-20(14-12-19)27-28(30(37)33-4-2)34-38-29(27)23-16-22(25(35)17-26(23)36)21-9-6-7-10-24(21)31/h6-7,9-14,16-17,32,35-36H,3-5,8,15,18H2,1-2H3,(H,33,37). The van der Waals surface area contributed by atoms with Crippen LogP contribution in [0, 0.1) is 5.82 Å². The maximum absolute atomic E-state index is 14.5. The lowest BCUT2D eigenvalue weighted by atomic mass is 9.94. The van der Waals surface area contributed by atoms with Crippen LogP contribution in [-0.2, 0) is 6.54 Å². The molecule has 7 nitrogen and oxygen atoms in total. The first kappa shape index (κ1) is 26.9. The van der Waals surface area contributed by atoms with Crippen molar-refractivity contribution in [2.24, 2.45) is 0 Å². The summed E-state index contributed by atoms with van der Waals surface area (Å²) < 4.78 is 20.2. The van der Waals surface area contributed by atoms with E-state index in [1.165, 1.54) is 31.0 Å². The number of aromatic nitrogens is 1. The number of nitrogens with zero attached hydrogens (tertiary/aromatic N) is 1. The fourth-order valence-electron chi connectivity index (χ4n) is 4.32. The second kappa shape index (κ2) is 12.4. The molecule has 4 aromatic rings. The molecule has 8 heteroatoms. The highest BCUT2D eigenvalue weighted by molar-refractivity contribution is 6.03. The molecule has 0 radical (unpaired) electrons. The van der Waals surface area contributed by atoms with Gasteiger partial charge in [0, 0.05) is 30.3 Å². The molecule has 1 amide bonds. The number of benzene rings is 3. The summed E-state index contributed by atoms with van der Waals surface area (Å²) in [6, 6.07) is 16.2. The van der Waals surface area contributed by atoms with E-state index < -0.39 is 11.7 Å². The molecular weight excluding hydrogens is 485 g/mol. The Hall–Kier alpha value is -4.17. The summed E-state index contributed by atoms with van der Waals surface area (Å²) in [5.41, 5.74) is 2.69. The number of carbonyl (C=O) groups excluding carboxylic acids is 1. The molecule has 38 heavy (non-hydrogen) atoms. The van der Waals surface area contributed by atoms with Gasteiger partial charge < -0.3 is 25.4 Å². The SMILES string of the molecule is CCCCCNCc1ccc(-c2c(C(=O)NCC)noc2-c2cc(-c3ccccc3F)c(O)cc2O)cc1. The third kappa shape index (κ3) is 5.86. The van der Waals surface area contributed by atoms with Gasteiger partial charge in [0.25, 0.3) is 5.91 Å². The van der Waals surface area contributed by atoms with Crippen LogP contribution in [0.3, 0.4) is 0 Å². The second-order valence-corrected chi connectivity index (χ2v) is 9.04. The number of hydrogen-bond acceptors (Lipinski definition) is 6. The smallest absolute Gasteiger partial charge is 0.274 e. The van der Waals surface area contributed by atoms with Crippen LogP contribution in [-0.4, -0.2) is 34.4 Å². The molecule has 3 aromatic carbocycles. The van der Waals surface area contributed by atoms with Crippen LogP contribution in [0.2, 0.25) is 0 Å². The second-order valence-electron chi connectivity index (χ2n) is 9.04. The Balaban J connectivity index is 1.76. The van der Waals surface area contributed by atoms with Crippen LogP contribution < -0.4 is 10.6 Å². The van der Waals surface area contributed by atoms with Gasteiger partial charge in [0.15, 0.2) is 11.5 Å². The molecule has 1 heterocycles. The van der Waals surface area contributed by atoms with E-state index in [1.54, 1.807) is 19.1 Å². The van der Waals surface area contributed by atoms with Crippen molar-refractivity contribution in [3.8, 4) is 45.1 Å². The van der Waals surface area contributed by atoms with E-state index in [0.717, 1.165) is 24.6 Å². The number of halogens is 1. The van der Waals surface area contributed by atoms with Crippen molar-refractivity contribution >= 4 is 5.91 Å². The molecule has 0 unspecified atom stereocenters. The summed E-state index contributed by atoms with van der Waals surface area (Å²) in [6.45, 7) is 6.02. The Morgan fingerprint density at radius 2 is 1.68 bits per heavy atom. The van der Waals surface area contributed by atoms with Crippen LogP contribution in [0.5, 0.6) is 11.5 Å². The summed E-state index contributed by atoms with van der Waals surface area (Å²) in [6.07, 6.45) is 3.48. The minimum atomic E-state index is -0.529. The Bertz CT molecular complexity index is 1400. The van der Waals surface area contributed by atoms with Gasteiger partial charge in [-0.15, -0.1) is 0 Å². The summed E-state index contributed by atoms with van der Waals surface area (Å²) in [5, 5.41) is 31.5. The van der Waals surface area contributed by atoms with Crippen LogP contribution in [0.15, 0.2) is 65.2 Å². The van der Waals surface area contributed by atoms with E-state index in [1.807, 2.05) is 24.3 Å². The zero-order valence-electron chi connectivity index (χ0n) is 21.6. The van der Waals surface area contributed by atoms with E-state index >= 15 is 0 Å². The van der Waals surface area contributed by atoms with Crippen LogP contribution in [0.4, 0.5) is 4.39 Å².